The van der Waals surface area contributed by atoms with E-state index in [4.69, 9.17) is 0 Å². The molecule has 140 valence electrons. The topological polar surface area (TPSA) is 70.6 Å². The summed E-state index contributed by atoms with van der Waals surface area (Å²) in [6.07, 6.45) is 0.935. The van der Waals surface area contributed by atoms with E-state index < -0.39 is 15.7 Å². The normalized spacial score (nSPS) is 12.0. The van der Waals surface area contributed by atoms with Crippen LogP contribution < -0.4 is 10.6 Å². The first-order chi connectivity index (χ1) is 12.5. The highest BCUT2D eigenvalue weighted by Crippen LogP contribution is 2.14. The van der Waals surface area contributed by atoms with Crippen LogP contribution in [0.4, 0.5) is 4.39 Å². The maximum atomic E-state index is 13.7. The fraction of sp³-hybridized carbons (Fsp3) is 0.316. The van der Waals surface area contributed by atoms with Crippen molar-refractivity contribution in [3.8, 4) is 0 Å². The molecule has 0 bridgehead atoms. The quantitative estimate of drug-likeness (QED) is 0.575. The van der Waals surface area contributed by atoms with Gasteiger partial charge in [-0.2, -0.15) is 0 Å². The van der Waals surface area contributed by atoms with E-state index in [9.17, 15) is 12.8 Å². The van der Waals surface area contributed by atoms with Crippen LogP contribution in [-0.2, 0) is 22.8 Å². The van der Waals surface area contributed by atoms with Gasteiger partial charge in [0.25, 0.3) is 0 Å². The molecule has 0 radical (unpaired) electrons. The third kappa shape index (κ3) is 5.29. The molecular formula is C19H24FN3O2S. The van der Waals surface area contributed by atoms with E-state index in [1.54, 1.807) is 7.05 Å². The standard InChI is InChI=1S/C19H24FN3O2S/c1-3-15-8-4-5-9-16(15)14-23-19(21-2)22-12-13-26(24,25)18-11-7-6-10-17(18)20/h4-11H,3,12-14H2,1-2H3,(H2,21,22,23). The van der Waals surface area contributed by atoms with E-state index in [-0.39, 0.29) is 17.2 Å². The minimum Gasteiger partial charge on any atom is -0.355 e. The molecule has 0 spiro atoms. The first kappa shape index (κ1) is 19.9. The summed E-state index contributed by atoms with van der Waals surface area (Å²) in [4.78, 5) is 3.82. The Morgan fingerprint density at radius 3 is 2.35 bits per heavy atom. The number of hydrogen-bond acceptors (Lipinski definition) is 3. The largest absolute Gasteiger partial charge is 0.355 e. The van der Waals surface area contributed by atoms with Gasteiger partial charge in [-0.3, -0.25) is 4.99 Å². The van der Waals surface area contributed by atoms with Gasteiger partial charge < -0.3 is 10.6 Å². The summed E-state index contributed by atoms with van der Waals surface area (Å²) in [5, 5.41) is 6.13. The molecule has 0 aliphatic rings. The van der Waals surface area contributed by atoms with E-state index in [0.717, 1.165) is 18.1 Å². The van der Waals surface area contributed by atoms with Crippen molar-refractivity contribution < 1.29 is 12.8 Å². The monoisotopic (exact) mass is 377 g/mol. The van der Waals surface area contributed by atoms with Gasteiger partial charge in [-0.25, -0.2) is 12.8 Å². The Labute approximate surface area is 154 Å². The van der Waals surface area contributed by atoms with Crippen LogP contribution in [0, 0.1) is 5.82 Å². The first-order valence-electron chi connectivity index (χ1n) is 8.46. The van der Waals surface area contributed by atoms with Crippen LogP contribution >= 0.6 is 0 Å². The van der Waals surface area contributed by atoms with Gasteiger partial charge in [0.1, 0.15) is 10.7 Å². The van der Waals surface area contributed by atoms with Crippen molar-refractivity contribution in [1.82, 2.24) is 10.6 Å². The molecule has 0 aliphatic carbocycles. The molecule has 7 heteroatoms. The maximum absolute atomic E-state index is 13.7. The van der Waals surface area contributed by atoms with Crippen LogP contribution in [0.1, 0.15) is 18.1 Å². The van der Waals surface area contributed by atoms with Crippen LogP contribution in [0.15, 0.2) is 58.4 Å². The summed E-state index contributed by atoms with van der Waals surface area (Å²) < 4.78 is 38.2. The van der Waals surface area contributed by atoms with Crippen molar-refractivity contribution in [3.63, 3.8) is 0 Å². The number of aryl methyl sites for hydroxylation is 1. The van der Waals surface area contributed by atoms with Gasteiger partial charge in [0.2, 0.25) is 0 Å². The van der Waals surface area contributed by atoms with Gasteiger partial charge in [-0.15, -0.1) is 0 Å². The van der Waals surface area contributed by atoms with Gasteiger partial charge in [-0.1, -0.05) is 43.3 Å². The lowest BCUT2D eigenvalue weighted by molar-refractivity contribution is 0.566. The summed E-state index contributed by atoms with van der Waals surface area (Å²) in [7, 11) is -2.08. The van der Waals surface area contributed by atoms with Crippen molar-refractivity contribution in [2.75, 3.05) is 19.3 Å². The maximum Gasteiger partial charge on any atom is 0.191 e. The predicted molar refractivity (Wildman–Crippen MR) is 102 cm³/mol. The summed E-state index contributed by atoms with van der Waals surface area (Å²) >= 11 is 0. The van der Waals surface area contributed by atoms with Gasteiger partial charge in [0.05, 0.1) is 5.75 Å². The molecule has 2 N–H and O–H groups in total. The van der Waals surface area contributed by atoms with Gasteiger partial charge >= 0.3 is 0 Å². The van der Waals surface area contributed by atoms with E-state index in [2.05, 4.69) is 28.6 Å². The van der Waals surface area contributed by atoms with Crippen molar-refractivity contribution in [1.29, 1.82) is 0 Å². The van der Waals surface area contributed by atoms with Crippen LogP contribution in [0.25, 0.3) is 0 Å². The lowest BCUT2D eigenvalue weighted by Gasteiger charge is -2.14. The highest BCUT2D eigenvalue weighted by atomic mass is 32.2. The molecule has 2 rings (SSSR count). The number of hydrogen-bond donors (Lipinski definition) is 2. The Balaban J connectivity index is 1.90. The third-order valence-corrected chi connectivity index (χ3v) is 5.75. The molecule has 0 amide bonds. The van der Waals surface area contributed by atoms with Crippen molar-refractivity contribution in [2.45, 2.75) is 24.8 Å². The summed E-state index contributed by atoms with van der Waals surface area (Å²) in [5.41, 5.74) is 2.41. The van der Waals surface area contributed by atoms with E-state index in [1.165, 1.54) is 23.8 Å². The second kappa shape index (κ2) is 9.33. The molecule has 2 aromatic rings. The van der Waals surface area contributed by atoms with Crippen molar-refractivity contribution in [2.24, 2.45) is 4.99 Å². The number of nitrogens with zero attached hydrogens (tertiary/aromatic N) is 1. The van der Waals surface area contributed by atoms with Gasteiger partial charge in [0, 0.05) is 20.1 Å². The zero-order chi connectivity index (χ0) is 19.0. The molecular weight excluding hydrogens is 353 g/mol. The smallest absolute Gasteiger partial charge is 0.191 e. The zero-order valence-electron chi connectivity index (χ0n) is 15.0. The van der Waals surface area contributed by atoms with Crippen LogP contribution in [0.5, 0.6) is 0 Å². The molecule has 0 fully saturated rings. The Hall–Kier alpha value is -2.41. The molecule has 0 saturated heterocycles. The van der Waals surface area contributed by atoms with Crippen molar-refractivity contribution >= 4 is 15.8 Å². The number of sulfone groups is 1. The zero-order valence-corrected chi connectivity index (χ0v) is 15.8. The number of aliphatic imine (C=N–C) groups is 1. The third-order valence-electron chi connectivity index (χ3n) is 4.00. The molecule has 0 atom stereocenters. The summed E-state index contributed by atoms with van der Waals surface area (Å²) in [5.74, 6) is -0.453. The minimum atomic E-state index is -3.69. The molecule has 26 heavy (non-hydrogen) atoms. The second-order valence-electron chi connectivity index (χ2n) is 5.72. The number of nitrogens with one attached hydrogen (secondary N) is 2. The van der Waals surface area contributed by atoms with Gasteiger partial charge in [-0.05, 0) is 29.7 Å². The second-order valence-corrected chi connectivity index (χ2v) is 7.80. The van der Waals surface area contributed by atoms with Crippen molar-refractivity contribution in [3.05, 3.63) is 65.5 Å². The molecule has 0 unspecified atom stereocenters. The summed E-state index contributed by atoms with van der Waals surface area (Å²) in [6.45, 7) is 2.81. The lowest BCUT2D eigenvalue weighted by Crippen LogP contribution is -2.39. The first-order valence-corrected chi connectivity index (χ1v) is 10.1. The van der Waals surface area contributed by atoms with Gasteiger partial charge in [0.15, 0.2) is 15.8 Å². The molecule has 0 aromatic heterocycles. The molecule has 2 aromatic carbocycles. The van der Waals surface area contributed by atoms with Crippen LogP contribution in [-0.4, -0.2) is 33.7 Å². The highest BCUT2D eigenvalue weighted by molar-refractivity contribution is 7.91. The van der Waals surface area contributed by atoms with Crippen LogP contribution in [0.2, 0.25) is 0 Å². The molecule has 0 heterocycles. The molecule has 0 aliphatic heterocycles. The average Bonchev–Trinajstić information content (AvgIpc) is 2.64. The fourth-order valence-corrected chi connectivity index (χ4v) is 3.83. The Morgan fingerprint density at radius 2 is 1.69 bits per heavy atom. The molecule has 0 saturated carbocycles. The number of guanidine groups is 1. The number of rotatable bonds is 7. The SMILES string of the molecule is CCc1ccccc1CNC(=NC)NCCS(=O)(=O)c1ccccc1F. The fourth-order valence-electron chi connectivity index (χ4n) is 2.59. The molecule has 5 nitrogen and oxygen atoms in total. The lowest BCUT2D eigenvalue weighted by atomic mass is 10.1. The predicted octanol–water partition coefficient (Wildman–Crippen LogP) is 2.53. The van der Waals surface area contributed by atoms with E-state index in [1.807, 2.05) is 18.2 Å². The number of benzene rings is 2. The highest BCUT2D eigenvalue weighted by Gasteiger charge is 2.18. The van der Waals surface area contributed by atoms with E-state index >= 15 is 0 Å². The Bertz CT molecular complexity index is 867. The summed E-state index contributed by atoms with van der Waals surface area (Å²) in [6, 6.07) is 13.5. The number of halogens is 1. The Kier molecular flexibility index (Phi) is 7.15. The minimum absolute atomic E-state index is 0.131. The average molecular weight is 377 g/mol. The Morgan fingerprint density at radius 1 is 1.04 bits per heavy atom. The van der Waals surface area contributed by atoms with E-state index in [0.29, 0.717) is 12.5 Å². The van der Waals surface area contributed by atoms with Crippen LogP contribution in [0.3, 0.4) is 0 Å².